The van der Waals surface area contributed by atoms with Gasteiger partial charge < -0.3 is 14.5 Å². The van der Waals surface area contributed by atoms with Crippen molar-refractivity contribution in [3.05, 3.63) is 33.9 Å². The number of piperidine rings is 1. The fraction of sp³-hybridized carbons (Fsp3) is 0.600. The highest BCUT2D eigenvalue weighted by Gasteiger charge is 2.27. The van der Waals surface area contributed by atoms with Gasteiger partial charge in [0, 0.05) is 32.2 Å². The average molecular weight is 389 g/mol. The summed E-state index contributed by atoms with van der Waals surface area (Å²) in [5.74, 6) is -0.106. The molecule has 1 amide bonds. The molecule has 0 aliphatic carbocycles. The lowest BCUT2D eigenvalue weighted by molar-refractivity contribution is -0.384. The third-order valence-electron chi connectivity index (χ3n) is 5.40. The first-order valence-electron chi connectivity index (χ1n) is 9.83. The minimum Gasteiger partial charge on any atom is -0.452 e. The van der Waals surface area contributed by atoms with E-state index >= 15 is 0 Å². The zero-order valence-electron chi connectivity index (χ0n) is 16.4. The first-order valence-corrected chi connectivity index (χ1v) is 9.83. The SMILES string of the molecule is C[C@@H]1C[C@H](C)CN(C(=O)COC(=O)c2ccc(N3CCCC3)c([N+](=O)[O-])c2)C1. The number of rotatable bonds is 5. The van der Waals surface area contributed by atoms with Gasteiger partial charge in [0.25, 0.3) is 11.6 Å². The van der Waals surface area contributed by atoms with Crippen molar-refractivity contribution in [1.82, 2.24) is 4.90 Å². The summed E-state index contributed by atoms with van der Waals surface area (Å²) >= 11 is 0. The summed E-state index contributed by atoms with van der Waals surface area (Å²) in [5.41, 5.74) is 0.496. The van der Waals surface area contributed by atoms with Crippen molar-refractivity contribution in [3.63, 3.8) is 0 Å². The Morgan fingerprint density at radius 1 is 1.18 bits per heavy atom. The molecule has 0 N–H and O–H groups in total. The number of hydrogen-bond donors (Lipinski definition) is 0. The minimum atomic E-state index is -0.720. The lowest BCUT2D eigenvalue weighted by Crippen LogP contribution is -2.44. The predicted molar refractivity (Wildman–Crippen MR) is 104 cm³/mol. The molecule has 28 heavy (non-hydrogen) atoms. The fourth-order valence-corrected chi connectivity index (χ4v) is 4.19. The molecule has 1 aromatic carbocycles. The van der Waals surface area contributed by atoms with Crippen LogP contribution in [0.3, 0.4) is 0 Å². The molecule has 2 atom stereocenters. The summed E-state index contributed by atoms with van der Waals surface area (Å²) in [6, 6.07) is 4.36. The van der Waals surface area contributed by atoms with Crippen molar-refractivity contribution < 1.29 is 19.2 Å². The first-order chi connectivity index (χ1) is 13.3. The molecule has 0 saturated carbocycles. The minimum absolute atomic E-state index is 0.0860. The second-order valence-corrected chi connectivity index (χ2v) is 7.98. The zero-order valence-corrected chi connectivity index (χ0v) is 16.4. The first kappa shape index (κ1) is 20.1. The van der Waals surface area contributed by atoms with Crippen LogP contribution in [-0.4, -0.2) is 54.5 Å². The quantitative estimate of drug-likeness (QED) is 0.437. The van der Waals surface area contributed by atoms with Gasteiger partial charge in [0.2, 0.25) is 0 Å². The van der Waals surface area contributed by atoms with E-state index in [-0.39, 0.29) is 23.8 Å². The Kier molecular flexibility index (Phi) is 6.16. The number of nitro benzene ring substituents is 1. The third-order valence-corrected chi connectivity index (χ3v) is 5.40. The second-order valence-electron chi connectivity index (χ2n) is 7.98. The predicted octanol–water partition coefficient (Wildman–Crippen LogP) is 2.86. The van der Waals surface area contributed by atoms with Crippen molar-refractivity contribution in [2.45, 2.75) is 33.1 Å². The van der Waals surface area contributed by atoms with Crippen molar-refractivity contribution in [1.29, 1.82) is 0 Å². The number of nitro groups is 1. The molecule has 2 aliphatic heterocycles. The smallest absolute Gasteiger partial charge is 0.338 e. The van der Waals surface area contributed by atoms with E-state index in [1.165, 1.54) is 12.1 Å². The fourth-order valence-electron chi connectivity index (χ4n) is 4.19. The number of carbonyl (C=O) groups excluding carboxylic acids is 2. The summed E-state index contributed by atoms with van der Waals surface area (Å²) in [6.45, 7) is 6.72. The molecule has 2 fully saturated rings. The molecule has 3 rings (SSSR count). The van der Waals surface area contributed by atoms with Crippen molar-refractivity contribution in [2.24, 2.45) is 11.8 Å². The van der Waals surface area contributed by atoms with Crippen LogP contribution in [0.1, 0.15) is 43.5 Å². The maximum absolute atomic E-state index is 12.4. The Balaban J connectivity index is 1.64. The van der Waals surface area contributed by atoms with Gasteiger partial charge in [0.1, 0.15) is 5.69 Å². The van der Waals surface area contributed by atoms with E-state index < -0.39 is 10.9 Å². The van der Waals surface area contributed by atoms with E-state index in [2.05, 4.69) is 13.8 Å². The average Bonchev–Trinajstić information content (AvgIpc) is 3.19. The normalized spacial score (nSPS) is 22.2. The topological polar surface area (TPSA) is 93.0 Å². The van der Waals surface area contributed by atoms with E-state index in [0.717, 1.165) is 32.4 Å². The number of benzene rings is 1. The Morgan fingerprint density at radius 2 is 1.82 bits per heavy atom. The number of anilines is 1. The highest BCUT2D eigenvalue weighted by Crippen LogP contribution is 2.31. The summed E-state index contributed by atoms with van der Waals surface area (Å²) in [4.78, 5) is 39.4. The largest absolute Gasteiger partial charge is 0.452 e. The molecule has 2 saturated heterocycles. The molecular formula is C20H27N3O5. The molecule has 8 heteroatoms. The molecule has 0 radical (unpaired) electrons. The van der Waals surface area contributed by atoms with Crippen LogP contribution in [0.2, 0.25) is 0 Å². The van der Waals surface area contributed by atoms with Crippen LogP contribution >= 0.6 is 0 Å². The van der Waals surface area contributed by atoms with Crippen molar-refractivity contribution in [3.8, 4) is 0 Å². The molecule has 1 aromatic rings. The Hall–Kier alpha value is -2.64. The molecule has 0 unspecified atom stereocenters. The number of likely N-dealkylation sites (tertiary alicyclic amines) is 1. The van der Waals surface area contributed by atoms with Gasteiger partial charge in [-0.3, -0.25) is 14.9 Å². The van der Waals surface area contributed by atoms with Gasteiger partial charge >= 0.3 is 5.97 Å². The maximum Gasteiger partial charge on any atom is 0.338 e. The van der Waals surface area contributed by atoms with E-state index in [1.54, 1.807) is 11.0 Å². The summed E-state index contributed by atoms with van der Waals surface area (Å²) in [5, 5.41) is 11.5. The molecular weight excluding hydrogens is 362 g/mol. The third kappa shape index (κ3) is 4.61. The van der Waals surface area contributed by atoms with Crippen molar-refractivity contribution >= 4 is 23.3 Å². The molecule has 2 aliphatic rings. The summed E-state index contributed by atoms with van der Waals surface area (Å²) < 4.78 is 5.15. The highest BCUT2D eigenvalue weighted by molar-refractivity contribution is 5.93. The Bertz CT molecular complexity index is 750. The maximum atomic E-state index is 12.4. The Labute approximate surface area is 164 Å². The number of ether oxygens (including phenoxy) is 1. The van der Waals surface area contributed by atoms with Gasteiger partial charge in [-0.1, -0.05) is 13.8 Å². The molecule has 2 heterocycles. The van der Waals surface area contributed by atoms with Crippen LogP contribution in [0.4, 0.5) is 11.4 Å². The van der Waals surface area contributed by atoms with E-state index in [0.29, 0.717) is 30.6 Å². The van der Waals surface area contributed by atoms with E-state index in [9.17, 15) is 19.7 Å². The van der Waals surface area contributed by atoms with Gasteiger partial charge in [0.05, 0.1) is 10.5 Å². The van der Waals surface area contributed by atoms with Gasteiger partial charge in [-0.2, -0.15) is 0 Å². The summed E-state index contributed by atoms with van der Waals surface area (Å²) in [7, 11) is 0. The molecule has 0 aromatic heterocycles. The van der Waals surface area contributed by atoms with E-state index in [4.69, 9.17) is 4.74 Å². The van der Waals surface area contributed by atoms with Gasteiger partial charge in [-0.05, 0) is 43.2 Å². The number of nitrogens with zero attached hydrogens (tertiary/aromatic N) is 3. The van der Waals surface area contributed by atoms with Crippen LogP contribution in [0, 0.1) is 22.0 Å². The Morgan fingerprint density at radius 3 is 2.43 bits per heavy atom. The number of hydrogen-bond acceptors (Lipinski definition) is 6. The van der Waals surface area contributed by atoms with Crippen molar-refractivity contribution in [2.75, 3.05) is 37.7 Å². The lowest BCUT2D eigenvalue weighted by Gasteiger charge is -2.34. The van der Waals surface area contributed by atoms with Crippen LogP contribution in [0.15, 0.2) is 18.2 Å². The van der Waals surface area contributed by atoms with E-state index in [1.807, 2.05) is 4.90 Å². The molecule has 0 bridgehead atoms. The molecule has 0 spiro atoms. The number of esters is 1. The number of carbonyl (C=O) groups is 2. The van der Waals surface area contributed by atoms with Crippen LogP contribution in [0.5, 0.6) is 0 Å². The monoisotopic (exact) mass is 389 g/mol. The molecule has 152 valence electrons. The van der Waals surface area contributed by atoms with Gasteiger partial charge in [-0.15, -0.1) is 0 Å². The zero-order chi connectivity index (χ0) is 20.3. The second kappa shape index (κ2) is 8.58. The van der Waals surface area contributed by atoms with Crippen LogP contribution in [-0.2, 0) is 9.53 Å². The molecule has 8 nitrogen and oxygen atoms in total. The summed E-state index contributed by atoms with van der Waals surface area (Å²) in [6.07, 6.45) is 3.07. The van der Waals surface area contributed by atoms with Crippen LogP contribution < -0.4 is 4.90 Å². The lowest BCUT2D eigenvalue weighted by atomic mass is 9.92. The standard InChI is InChI=1S/C20H27N3O5/c1-14-9-15(2)12-22(11-14)19(24)13-28-20(25)16-5-6-17(18(10-16)23(26)27)21-7-3-4-8-21/h5-6,10,14-15H,3-4,7-9,11-13H2,1-2H3/t14-,15+. The van der Waals surface area contributed by atoms with Gasteiger partial charge in [-0.25, -0.2) is 4.79 Å². The number of amides is 1. The van der Waals surface area contributed by atoms with Crippen LogP contribution in [0.25, 0.3) is 0 Å². The van der Waals surface area contributed by atoms with Gasteiger partial charge in [0.15, 0.2) is 6.61 Å². The highest BCUT2D eigenvalue weighted by atomic mass is 16.6.